The number of alkyl halides is 3. The molecule has 1 N–H and O–H groups in total. The van der Waals surface area contributed by atoms with E-state index in [4.69, 9.17) is 9.72 Å². The first-order valence-corrected chi connectivity index (χ1v) is 16.5. The Kier molecular flexibility index (Phi) is 7.70. The van der Waals surface area contributed by atoms with Crippen molar-refractivity contribution in [1.82, 2.24) is 19.5 Å². The van der Waals surface area contributed by atoms with E-state index in [1.165, 1.54) is 23.1 Å². The molecule has 3 aliphatic heterocycles. The number of aryl methyl sites for hydroxylation is 1. The molecule has 1 saturated carbocycles. The molecule has 6 rings (SSSR count). The number of hydrogen-bond acceptors (Lipinski definition) is 8. The van der Waals surface area contributed by atoms with Gasteiger partial charge in [-0.1, -0.05) is 0 Å². The maximum Gasteiger partial charge on any atom is 0.394 e. The van der Waals surface area contributed by atoms with Crippen LogP contribution in [-0.4, -0.2) is 73.0 Å². The minimum absolute atomic E-state index is 0.0189. The minimum Gasteiger partial charge on any atom is -0.381 e. The molecule has 4 aliphatic rings. The van der Waals surface area contributed by atoms with Gasteiger partial charge in [-0.2, -0.15) is 26.7 Å². The normalized spacial score (nSPS) is 25.8. The Morgan fingerprint density at radius 1 is 1.11 bits per heavy atom. The van der Waals surface area contributed by atoms with Gasteiger partial charge in [-0.05, 0) is 82.9 Å². The highest BCUT2D eigenvalue weighted by atomic mass is 32.2. The number of ether oxygens (including phenoxy) is 1. The standard InChI is InChI=1S/C29H37F3N6O5S/c1-27(2)16-19-4-3-12-36-13-8-23(34-36)44(41,42)35-25(39)21-5-6-22(33-24(21)38(27)17-19)37-14-7-20(26(37)40)18-43-15-11-28(9-10-28)29(30,31)32/h5-6,8,13,19-20H,3-4,7,9-12,14-18H2,1-2H3,(H,35,39). The lowest BCUT2D eigenvalue weighted by Gasteiger charge is -2.34. The van der Waals surface area contributed by atoms with Gasteiger partial charge in [-0.15, -0.1) is 0 Å². The third kappa shape index (κ3) is 5.80. The average molecular weight is 639 g/mol. The van der Waals surface area contributed by atoms with Gasteiger partial charge in [0.05, 0.1) is 23.5 Å². The number of nitrogens with one attached hydrogen (secondary N) is 1. The summed E-state index contributed by atoms with van der Waals surface area (Å²) in [4.78, 5) is 35.1. The predicted octanol–water partition coefficient (Wildman–Crippen LogP) is 3.90. The Morgan fingerprint density at radius 3 is 2.61 bits per heavy atom. The van der Waals surface area contributed by atoms with Gasteiger partial charge in [-0.3, -0.25) is 19.2 Å². The molecular weight excluding hydrogens is 601 g/mol. The van der Waals surface area contributed by atoms with Crippen LogP contribution >= 0.6 is 0 Å². The molecule has 5 heterocycles. The van der Waals surface area contributed by atoms with Crippen molar-refractivity contribution in [3.63, 3.8) is 0 Å². The smallest absolute Gasteiger partial charge is 0.381 e. The van der Waals surface area contributed by atoms with E-state index in [0.717, 1.165) is 19.3 Å². The number of sulfonamides is 1. The van der Waals surface area contributed by atoms with Crippen LogP contribution in [0, 0.1) is 17.3 Å². The van der Waals surface area contributed by atoms with Crippen LogP contribution in [0.15, 0.2) is 29.4 Å². The van der Waals surface area contributed by atoms with Crippen LogP contribution in [0.1, 0.15) is 69.2 Å². The van der Waals surface area contributed by atoms with Crippen molar-refractivity contribution in [1.29, 1.82) is 0 Å². The number of amides is 2. The van der Waals surface area contributed by atoms with Crippen molar-refractivity contribution in [2.24, 2.45) is 17.3 Å². The van der Waals surface area contributed by atoms with E-state index in [1.807, 2.05) is 4.90 Å². The Hall–Kier alpha value is -3.20. The fourth-order valence-electron chi connectivity index (χ4n) is 6.75. The molecule has 4 bridgehead atoms. The molecule has 0 radical (unpaired) electrons. The van der Waals surface area contributed by atoms with Crippen LogP contribution in [0.4, 0.5) is 24.8 Å². The second-order valence-corrected chi connectivity index (χ2v) is 14.7. The van der Waals surface area contributed by atoms with Gasteiger partial charge in [0.2, 0.25) is 5.91 Å². The summed E-state index contributed by atoms with van der Waals surface area (Å²) in [5.41, 5.74) is -1.98. The van der Waals surface area contributed by atoms with E-state index in [0.29, 0.717) is 43.6 Å². The first kappa shape index (κ1) is 30.8. The van der Waals surface area contributed by atoms with E-state index < -0.39 is 39.0 Å². The van der Waals surface area contributed by atoms with Gasteiger partial charge in [0.15, 0.2) is 5.03 Å². The maximum absolute atomic E-state index is 13.5. The summed E-state index contributed by atoms with van der Waals surface area (Å²) < 4.78 is 74.9. The summed E-state index contributed by atoms with van der Waals surface area (Å²) in [6.07, 6.45) is 0.416. The van der Waals surface area contributed by atoms with Gasteiger partial charge in [0.1, 0.15) is 11.6 Å². The zero-order chi connectivity index (χ0) is 31.5. The Bertz CT molecular complexity index is 1550. The molecule has 2 saturated heterocycles. The third-order valence-corrected chi connectivity index (χ3v) is 10.8. The quantitative estimate of drug-likeness (QED) is 0.473. The summed E-state index contributed by atoms with van der Waals surface area (Å²) >= 11 is 0. The fraction of sp³-hybridized carbons (Fsp3) is 0.655. The van der Waals surface area contributed by atoms with Gasteiger partial charge in [0, 0.05) is 38.0 Å². The van der Waals surface area contributed by atoms with E-state index >= 15 is 0 Å². The predicted molar refractivity (Wildman–Crippen MR) is 153 cm³/mol. The maximum atomic E-state index is 13.5. The highest BCUT2D eigenvalue weighted by Gasteiger charge is 2.62. The molecule has 0 spiro atoms. The second kappa shape index (κ2) is 11.0. The Morgan fingerprint density at radius 2 is 1.89 bits per heavy atom. The van der Waals surface area contributed by atoms with Crippen molar-refractivity contribution < 1.29 is 35.9 Å². The number of carbonyl (C=O) groups excluding carboxylic acids is 2. The average Bonchev–Trinajstić information content (AvgIpc) is 3.27. The molecule has 0 aromatic carbocycles. The van der Waals surface area contributed by atoms with E-state index in [-0.39, 0.29) is 49.0 Å². The molecule has 240 valence electrons. The second-order valence-electron chi connectivity index (χ2n) is 13.1. The zero-order valence-electron chi connectivity index (χ0n) is 24.8. The van der Waals surface area contributed by atoms with Gasteiger partial charge < -0.3 is 9.64 Å². The lowest BCUT2D eigenvalue weighted by atomic mass is 9.93. The number of aromatic nitrogens is 3. The third-order valence-electron chi connectivity index (χ3n) is 9.53. The highest BCUT2D eigenvalue weighted by Crippen LogP contribution is 2.59. The SMILES string of the molecule is CC1(C)CC2CCCn3ccc(n3)S(=O)(=O)NC(=O)c3ccc(N4CCC(COCCC5(C(F)(F)F)CC5)C4=O)nc3N1C2. The minimum atomic E-state index is -4.25. The number of nitrogens with zero attached hydrogens (tertiary/aromatic N) is 5. The molecule has 2 atom stereocenters. The van der Waals surface area contributed by atoms with Gasteiger partial charge in [0.25, 0.3) is 15.9 Å². The van der Waals surface area contributed by atoms with E-state index in [9.17, 15) is 31.2 Å². The van der Waals surface area contributed by atoms with Crippen LogP contribution in [0.25, 0.3) is 0 Å². The number of fused-ring (bicyclic) bond motifs is 6. The molecule has 2 amide bonds. The molecule has 15 heteroatoms. The Labute approximate surface area is 254 Å². The van der Waals surface area contributed by atoms with Crippen LogP contribution in [-0.2, 0) is 26.1 Å². The topological polar surface area (TPSA) is 127 Å². The summed E-state index contributed by atoms with van der Waals surface area (Å²) in [7, 11) is -4.25. The summed E-state index contributed by atoms with van der Waals surface area (Å²) in [6, 6.07) is 4.36. The molecule has 44 heavy (non-hydrogen) atoms. The molecule has 11 nitrogen and oxygen atoms in total. The first-order valence-electron chi connectivity index (χ1n) is 15.0. The molecule has 1 aliphatic carbocycles. The van der Waals surface area contributed by atoms with Crippen molar-refractivity contribution in [3.05, 3.63) is 30.0 Å². The van der Waals surface area contributed by atoms with Crippen molar-refractivity contribution in [2.75, 3.05) is 36.1 Å². The van der Waals surface area contributed by atoms with E-state index in [2.05, 4.69) is 23.7 Å². The van der Waals surface area contributed by atoms with Gasteiger partial charge in [-0.25, -0.2) is 9.71 Å². The number of halogens is 3. The lowest BCUT2D eigenvalue weighted by molar-refractivity contribution is -0.192. The monoisotopic (exact) mass is 638 g/mol. The number of carbonyl (C=O) groups is 2. The number of rotatable bonds is 6. The van der Waals surface area contributed by atoms with Gasteiger partial charge >= 0.3 is 6.18 Å². The number of hydrogen-bond donors (Lipinski definition) is 1. The number of pyridine rings is 1. The molecular formula is C29H37F3N6O5S. The molecule has 2 unspecified atom stereocenters. The lowest BCUT2D eigenvalue weighted by Crippen LogP contribution is -2.41. The summed E-state index contributed by atoms with van der Waals surface area (Å²) in [5.74, 6) is -0.713. The molecule has 2 aromatic heterocycles. The van der Waals surface area contributed by atoms with Crippen LogP contribution < -0.4 is 14.5 Å². The fourth-order valence-corrected chi connectivity index (χ4v) is 7.66. The largest absolute Gasteiger partial charge is 0.394 e. The molecule has 3 fully saturated rings. The van der Waals surface area contributed by atoms with Crippen LogP contribution in [0.5, 0.6) is 0 Å². The number of anilines is 2. The van der Waals surface area contributed by atoms with E-state index in [1.54, 1.807) is 10.9 Å². The van der Waals surface area contributed by atoms with Crippen molar-refractivity contribution in [2.45, 2.75) is 82.1 Å². The van der Waals surface area contributed by atoms with Crippen molar-refractivity contribution >= 4 is 33.5 Å². The zero-order valence-corrected chi connectivity index (χ0v) is 25.6. The highest BCUT2D eigenvalue weighted by molar-refractivity contribution is 7.90. The van der Waals surface area contributed by atoms with Crippen LogP contribution in [0.2, 0.25) is 0 Å². The summed E-state index contributed by atoms with van der Waals surface area (Å²) in [5, 5.41) is 3.90. The Balaban J connectivity index is 1.23. The molecule has 2 aromatic rings. The van der Waals surface area contributed by atoms with Crippen molar-refractivity contribution in [3.8, 4) is 0 Å². The first-order chi connectivity index (χ1) is 20.7. The summed E-state index contributed by atoms with van der Waals surface area (Å²) in [6.45, 7) is 5.54. The van der Waals surface area contributed by atoms with Crippen LogP contribution in [0.3, 0.4) is 0 Å².